The lowest BCUT2D eigenvalue weighted by Gasteiger charge is -2.27. The van der Waals surface area contributed by atoms with Gasteiger partial charge in [-0.25, -0.2) is 4.79 Å². The fourth-order valence-electron chi connectivity index (χ4n) is 1.77. The van der Waals surface area contributed by atoms with E-state index in [4.69, 9.17) is 4.74 Å². The van der Waals surface area contributed by atoms with Crippen LogP contribution in [0.25, 0.3) is 0 Å². The van der Waals surface area contributed by atoms with Crippen LogP contribution < -0.4 is 10.1 Å². The minimum absolute atomic E-state index is 0.212. The Hall–Kier alpha value is -1.56. The molecule has 0 saturated carbocycles. The number of carbonyl (C=O) groups is 2. The van der Waals surface area contributed by atoms with E-state index >= 15 is 0 Å². The number of carbonyl (C=O) groups excluding carboxylic acids is 1. The minimum Gasteiger partial charge on any atom is -0.484 e. The average molecular weight is 344 g/mol. The molecule has 0 aliphatic heterocycles. The standard InChI is InChI=1S/C14H18BrNO4/c1-3-14(4-2,13(18)19)16-12(17)9-20-11-7-5-10(15)6-8-11/h5-8H,3-4,9H2,1-2H3,(H,16,17)(H,18,19). The highest BCUT2D eigenvalue weighted by molar-refractivity contribution is 9.10. The lowest BCUT2D eigenvalue weighted by atomic mass is 9.93. The van der Waals surface area contributed by atoms with E-state index < -0.39 is 17.4 Å². The summed E-state index contributed by atoms with van der Waals surface area (Å²) in [7, 11) is 0. The van der Waals surface area contributed by atoms with Gasteiger partial charge in [-0.05, 0) is 37.1 Å². The van der Waals surface area contributed by atoms with Crippen molar-refractivity contribution in [2.75, 3.05) is 6.61 Å². The van der Waals surface area contributed by atoms with Crippen LogP contribution in [0.3, 0.4) is 0 Å². The Morgan fingerprint density at radius 2 is 1.80 bits per heavy atom. The summed E-state index contributed by atoms with van der Waals surface area (Å²) in [5, 5.41) is 11.8. The first-order valence-electron chi connectivity index (χ1n) is 6.36. The molecule has 0 heterocycles. The van der Waals surface area contributed by atoms with E-state index in [1.54, 1.807) is 38.1 Å². The number of nitrogens with one attached hydrogen (secondary N) is 1. The van der Waals surface area contributed by atoms with Gasteiger partial charge in [-0.2, -0.15) is 0 Å². The highest BCUT2D eigenvalue weighted by Crippen LogP contribution is 2.17. The number of halogens is 1. The van der Waals surface area contributed by atoms with Gasteiger partial charge in [0.1, 0.15) is 11.3 Å². The highest BCUT2D eigenvalue weighted by atomic mass is 79.9. The first-order chi connectivity index (χ1) is 9.43. The summed E-state index contributed by atoms with van der Waals surface area (Å²) in [5.74, 6) is -0.921. The van der Waals surface area contributed by atoms with Gasteiger partial charge in [0.25, 0.3) is 5.91 Å². The van der Waals surface area contributed by atoms with Crippen molar-refractivity contribution in [2.45, 2.75) is 32.2 Å². The van der Waals surface area contributed by atoms with Crippen LogP contribution in [0.5, 0.6) is 5.75 Å². The Bertz CT molecular complexity index is 469. The molecule has 0 unspecified atom stereocenters. The lowest BCUT2D eigenvalue weighted by Crippen LogP contribution is -2.54. The maximum absolute atomic E-state index is 11.8. The van der Waals surface area contributed by atoms with E-state index in [0.717, 1.165) is 4.47 Å². The van der Waals surface area contributed by atoms with Crippen molar-refractivity contribution < 1.29 is 19.4 Å². The molecule has 5 nitrogen and oxygen atoms in total. The third-order valence-electron chi connectivity index (χ3n) is 3.18. The first-order valence-corrected chi connectivity index (χ1v) is 7.15. The molecule has 0 radical (unpaired) electrons. The van der Waals surface area contributed by atoms with Crippen LogP contribution in [0.2, 0.25) is 0 Å². The number of benzene rings is 1. The molecule has 20 heavy (non-hydrogen) atoms. The fraction of sp³-hybridized carbons (Fsp3) is 0.429. The summed E-state index contributed by atoms with van der Waals surface area (Å²) in [4.78, 5) is 23.1. The second-order valence-corrected chi connectivity index (χ2v) is 5.30. The molecule has 0 saturated heterocycles. The first kappa shape index (κ1) is 16.5. The molecule has 0 aromatic heterocycles. The molecule has 1 rings (SSSR count). The second kappa shape index (κ2) is 7.28. The number of ether oxygens (including phenoxy) is 1. The summed E-state index contributed by atoms with van der Waals surface area (Å²) >= 11 is 3.30. The predicted octanol–water partition coefficient (Wildman–Crippen LogP) is 2.59. The van der Waals surface area contributed by atoms with Crippen molar-refractivity contribution in [1.82, 2.24) is 5.32 Å². The zero-order valence-corrected chi connectivity index (χ0v) is 13.1. The van der Waals surface area contributed by atoms with Gasteiger partial charge in [-0.1, -0.05) is 29.8 Å². The average Bonchev–Trinajstić information content (AvgIpc) is 2.44. The SMILES string of the molecule is CCC(CC)(NC(=O)COc1ccc(Br)cc1)C(=O)O. The summed E-state index contributed by atoms with van der Waals surface area (Å²) in [5.41, 5.74) is -1.22. The number of amides is 1. The second-order valence-electron chi connectivity index (χ2n) is 4.39. The Kier molecular flexibility index (Phi) is 6.01. The van der Waals surface area contributed by atoms with E-state index in [1.165, 1.54) is 0 Å². The normalized spacial score (nSPS) is 10.9. The van der Waals surface area contributed by atoms with Crippen molar-refractivity contribution in [1.29, 1.82) is 0 Å². The number of hydrogen-bond donors (Lipinski definition) is 2. The maximum atomic E-state index is 11.8. The van der Waals surface area contributed by atoms with Crippen molar-refractivity contribution in [3.63, 3.8) is 0 Å². The monoisotopic (exact) mass is 343 g/mol. The molecule has 0 atom stereocenters. The van der Waals surface area contributed by atoms with Gasteiger partial charge in [-0.15, -0.1) is 0 Å². The van der Waals surface area contributed by atoms with Gasteiger partial charge in [0.05, 0.1) is 0 Å². The van der Waals surface area contributed by atoms with Crippen LogP contribution in [0.4, 0.5) is 0 Å². The Morgan fingerprint density at radius 3 is 2.25 bits per heavy atom. The predicted molar refractivity (Wildman–Crippen MR) is 78.7 cm³/mol. The van der Waals surface area contributed by atoms with Crippen LogP contribution in [0.15, 0.2) is 28.7 Å². The maximum Gasteiger partial charge on any atom is 0.329 e. The van der Waals surface area contributed by atoms with Crippen LogP contribution in [-0.2, 0) is 9.59 Å². The van der Waals surface area contributed by atoms with Crippen molar-refractivity contribution in [2.24, 2.45) is 0 Å². The molecule has 1 amide bonds. The van der Waals surface area contributed by atoms with Gasteiger partial charge in [0, 0.05) is 4.47 Å². The smallest absolute Gasteiger partial charge is 0.329 e. The lowest BCUT2D eigenvalue weighted by molar-refractivity contribution is -0.148. The summed E-state index contributed by atoms with van der Waals surface area (Å²) in [6.45, 7) is 3.25. The van der Waals surface area contributed by atoms with Gasteiger partial charge in [-0.3, -0.25) is 4.79 Å². The number of rotatable bonds is 7. The third-order valence-corrected chi connectivity index (χ3v) is 3.71. The molecule has 0 spiro atoms. The van der Waals surface area contributed by atoms with Crippen LogP contribution in [-0.4, -0.2) is 29.1 Å². The Morgan fingerprint density at radius 1 is 1.25 bits per heavy atom. The number of hydrogen-bond acceptors (Lipinski definition) is 3. The zero-order valence-electron chi connectivity index (χ0n) is 11.5. The summed E-state index contributed by atoms with van der Waals surface area (Å²) in [6, 6.07) is 7.04. The Labute approximate surface area is 126 Å². The van der Waals surface area contributed by atoms with Crippen molar-refractivity contribution in [3.05, 3.63) is 28.7 Å². The van der Waals surface area contributed by atoms with Gasteiger partial charge >= 0.3 is 5.97 Å². The number of carboxylic acid groups (broad SMARTS) is 1. The molecule has 1 aromatic rings. The molecule has 0 bridgehead atoms. The highest BCUT2D eigenvalue weighted by Gasteiger charge is 2.36. The van der Waals surface area contributed by atoms with Crippen molar-refractivity contribution in [3.8, 4) is 5.75 Å². The molecule has 0 fully saturated rings. The van der Waals surface area contributed by atoms with Crippen LogP contribution >= 0.6 is 15.9 Å². The molecule has 2 N–H and O–H groups in total. The summed E-state index contributed by atoms with van der Waals surface area (Å²) < 4.78 is 6.22. The molecule has 1 aromatic carbocycles. The molecule has 6 heteroatoms. The summed E-state index contributed by atoms with van der Waals surface area (Å²) in [6.07, 6.45) is 0.645. The van der Waals surface area contributed by atoms with Gasteiger partial charge < -0.3 is 15.2 Å². The molecule has 0 aliphatic carbocycles. The van der Waals surface area contributed by atoms with E-state index in [0.29, 0.717) is 18.6 Å². The fourth-order valence-corrected chi connectivity index (χ4v) is 2.03. The third kappa shape index (κ3) is 4.23. The quantitative estimate of drug-likeness (QED) is 0.797. The largest absolute Gasteiger partial charge is 0.484 e. The molecular formula is C14H18BrNO4. The van der Waals surface area contributed by atoms with Gasteiger partial charge in [0.15, 0.2) is 6.61 Å². The minimum atomic E-state index is -1.22. The van der Waals surface area contributed by atoms with Crippen LogP contribution in [0, 0.1) is 0 Å². The topological polar surface area (TPSA) is 75.6 Å². The van der Waals surface area contributed by atoms with E-state index in [-0.39, 0.29) is 6.61 Å². The zero-order chi connectivity index (χ0) is 15.2. The van der Waals surface area contributed by atoms with Crippen molar-refractivity contribution >= 4 is 27.8 Å². The van der Waals surface area contributed by atoms with E-state index in [1.807, 2.05) is 0 Å². The van der Waals surface area contributed by atoms with Gasteiger partial charge in [0.2, 0.25) is 0 Å². The molecule has 110 valence electrons. The molecule has 0 aliphatic rings. The Balaban J connectivity index is 2.58. The van der Waals surface area contributed by atoms with E-state index in [2.05, 4.69) is 21.2 Å². The number of carboxylic acids is 1. The van der Waals surface area contributed by atoms with E-state index in [9.17, 15) is 14.7 Å². The number of aliphatic carboxylic acids is 1. The molecular weight excluding hydrogens is 326 g/mol. The van der Waals surface area contributed by atoms with Crippen LogP contribution in [0.1, 0.15) is 26.7 Å².